The highest BCUT2D eigenvalue weighted by Crippen LogP contribution is 2.29. The minimum atomic E-state index is -3.52. The molecule has 1 aromatic carbocycles. The molecule has 134 valence electrons. The van der Waals surface area contributed by atoms with E-state index in [2.05, 4.69) is 10.6 Å². The Bertz CT molecular complexity index is 696. The van der Waals surface area contributed by atoms with Crippen LogP contribution in [0.2, 0.25) is 0 Å². The predicted molar refractivity (Wildman–Crippen MR) is 91.1 cm³/mol. The largest absolute Gasteiger partial charge is 0.497 e. The number of amides is 1. The standard InChI is InChI=1S/C16H24N2O5S/c1-22-13-5-4-12(14(10-13)23-2)11-18-15(19)16(24(3,20)21)6-8-17-9-7-16/h4-5,10,17H,6-9,11H2,1-3H3,(H,18,19). The molecular weight excluding hydrogens is 332 g/mol. The number of hydrogen-bond acceptors (Lipinski definition) is 6. The summed E-state index contributed by atoms with van der Waals surface area (Å²) in [5, 5.41) is 5.85. The molecule has 0 spiro atoms. The number of benzene rings is 1. The topological polar surface area (TPSA) is 93.7 Å². The van der Waals surface area contributed by atoms with Gasteiger partial charge in [-0.25, -0.2) is 8.42 Å². The Morgan fingerprint density at radius 2 is 1.92 bits per heavy atom. The van der Waals surface area contributed by atoms with Crippen LogP contribution in [0.3, 0.4) is 0 Å². The molecule has 0 bridgehead atoms. The minimum absolute atomic E-state index is 0.191. The molecule has 0 saturated carbocycles. The predicted octanol–water partition coefficient (Wildman–Crippen LogP) is 0.487. The van der Waals surface area contributed by atoms with Crippen LogP contribution in [0.15, 0.2) is 18.2 Å². The Morgan fingerprint density at radius 3 is 2.46 bits per heavy atom. The summed E-state index contributed by atoms with van der Waals surface area (Å²) >= 11 is 0. The normalized spacial score (nSPS) is 17.1. The molecule has 7 nitrogen and oxygen atoms in total. The molecule has 1 amide bonds. The van der Waals surface area contributed by atoms with Gasteiger partial charge in [0.25, 0.3) is 0 Å². The fraction of sp³-hybridized carbons (Fsp3) is 0.562. The Hall–Kier alpha value is -1.80. The second kappa shape index (κ2) is 7.40. The molecule has 24 heavy (non-hydrogen) atoms. The highest BCUT2D eigenvalue weighted by molar-refractivity contribution is 7.92. The summed E-state index contributed by atoms with van der Waals surface area (Å²) in [5.74, 6) is 0.769. The number of hydrogen-bond donors (Lipinski definition) is 2. The van der Waals surface area contributed by atoms with E-state index in [1.165, 1.54) is 7.11 Å². The van der Waals surface area contributed by atoms with Gasteiger partial charge >= 0.3 is 0 Å². The number of rotatable bonds is 6. The molecule has 0 unspecified atom stereocenters. The average Bonchev–Trinajstić information content (AvgIpc) is 2.59. The fourth-order valence-corrected chi connectivity index (χ4v) is 4.29. The van der Waals surface area contributed by atoms with Gasteiger partial charge in [0.1, 0.15) is 11.5 Å². The second-order valence-corrected chi connectivity index (χ2v) is 8.20. The summed E-state index contributed by atoms with van der Waals surface area (Å²) in [6, 6.07) is 5.27. The van der Waals surface area contributed by atoms with E-state index in [1.54, 1.807) is 25.3 Å². The third-order valence-corrected chi connectivity index (χ3v) is 6.48. The van der Waals surface area contributed by atoms with Crippen LogP contribution in [0, 0.1) is 0 Å². The van der Waals surface area contributed by atoms with E-state index in [4.69, 9.17) is 9.47 Å². The van der Waals surface area contributed by atoms with Crippen LogP contribution in [0.4, 0.5) is 0 Å². The Kier molecular flexibility index (Phi) is 5.71. The summed E-state index contributed by atoms with van der Waals surface area (Å²) in [6.45, 7) is 1.20. The van der Waals surface area contributed by atoms with Crippen LogP contribution in [-0.4, -0.2) is 52.6 Å². The summed E-state index contributed by atoms with van der Waals surface area (Å²) in [5.41, 5.74) is 0.754. The lowest BCUT2D eigenvalue weighted by atomic mass is 9.95. The molecule has 1 fully saturated rings. The van der Waals surface area contributed by atoms with E-state index in [0.717, 1.165) is 11.8 Å². The van der Waals surface area contributed by atoms with Gasteiger partial charge in [0.2, 0.25) is 5.91 Å². The van der Waals surface area contributed by atoms with E-state index < -0.39 is 20.5 Å². The van der Waals surface area contributed by atoms with Crippen molar-refractivity contribution in [1.82, 2.24) is 10.6 Å². The maximum absolute atomic E-state index is 12.7. The molecule has 8 heteroatoms. The lowest BCUT2D eigenvalue weighted by Crippen LogP contribution is -2.57. The van der Waals surface area contributed by atoms with E-state index in [-0.39, 0.29) is 19.4 Å². The average molecular weight is 356 g/mol. The number of sulfone groups is 1. The molecule has 1 heterocycles. The van der Waals surface area contributed by atoms with Crippen molar-refractivity contribution >= 4 is 15.7 Å². The molecular formula is C16H24N2O5S. The number of methoxy groups -OCH3 is 2. The van der Waals surface area contributed by atoms with Crippen molar-refractivity contribution in [3.8, 4) is 11.5 Å². The molecule has 1 aromatic rings. The first-order chi connectivity index (χ1) is 11.3. The SMILES string of the molecule is COc1ccc(CNC(=O)C2(S(C)(=O)=O)CCNCC2)c(OC)c1. The van der Waals surface area contributed by atoms with Crippen molar-refractivity contribution in [3.05, 3.63) is 23.8 Å². The van der Waals surface area contributed by atoms with Crippen molar-refractivity contribution in [1.29, 1.82) is 0 Å². The van der Waals surface area contributed by atoms with E-state index >= 15 is 0 Å². The van der Waals surface area contributed by atoms with Gasteiger partial charge in [0.05, 0.1) is 14.2 Å². The van der Waals surface area contributed by atoms with Crippen LogP contribution in [0.25, 0.3) is 0 Å². The molecule has 0 atom stereocenters. The maximum Gasteiger partial charge on any atom is 0.241 e. The summed E-state index contributed by atoms with van der Waals surface area (Å²) < 4.78 is 33.6. The van der Waals surface area contributed by atoms with Crippen molar-refractivity contribution in [2.75, 3.05) is 33.6 Å². The Labute approximate surface area is 142 Å². The Morgan fingerprint density at radius 1 is 1.25 bits per heavy atom. The van der Waals surface area contributed by atoms with Crippen LogP contribution < -0.4 is 20.1 Å². The number of ether oxygens (including phenoxy) is 2. The lowest BCUT2D eigenvalue weighted by molar-refractivity contribution is -0.124. The maximum atomic E-state index is 12.7. The van der Waals surface area contributed by atoms with Gasteiger partial charge in [-0.2, -0.15) is 0 Å². The highest BCUT2D eigenvalue weighted by atomic mass is 32.2. The first kappa shape index (κ1) is 18.5. The van der Waals surface area contributed by atoms with Gasteiger partial charge in [-0.05, 0) is 38.1 Å². The zero-order valence-electron chi connectivity index (χ0n) is 14.2. The molecule has 0 radical (unpaired) electrons. The fourth-order valence-electron chi connectivity index (χ4n) is 2.93. The Balaban J connectivity index is 2.17. The molecule has 2 N–H and O–H groups in total. The molecule has 0 aliphatic carbocycles. The minimum Gasteiger partial charge on any atom is -0.497 e. The highest BCUT2D eigenvalue weighted by Gasteiger charge is 2.48. The summed E-state index contributed by atoms with van der Waals surface area (Å²) in [6.07, 6.45) is 1.68. The van der Waals surface area contributed by atoms with Crippen LogP contribution in [-0.2, 0) is 21.2 Å². The number of piperidine rings is 1. The molecule has 2 rings (SSSR count). The molecule has 0 aromatic heterocycles. The zero-order chi connectivity index (χ0) is 17.8. The number of carbonyl (C=O) groups is 1. The van der Waals surface area contributed by atoms with Crippen molar-refractivity contribution in [2.24, 2.45) is 0 Å². The smallest absolute Gasteiger partial charge is 0.241 e. The molecule has 1 aliphatic heterocycles. The van der Waals surface area contributed by atoms with E-state index in [1.807, 2.05) is 0 Å². The van der Waals surface area contributed by atoms with Gasteiger partial charge in [-0.3, -0.25) is 4.79 Å². The van der Waals surface area contributed by atoms with E-state index in [9.17, 15) is 13.2 Å². The zero-order valence-corrected chi connectivity index (χ0v) is 15.0. The van der Waals surface area contributed by atoms with Crippen molar-refractivity contribution in [3.63, 3.8) is 0 Å². The number of carbonyl (C=O) groups excluding carboxylic acids is 1. The van der Waals surface area contributed by atoms with Gasteiger partial charge in [-0.15, -0.1) is 0 Å². The summed E-state index contributed by atoms with van der Waals surface area (Å²) in [4.78, 5) is 12.7. The summed E-state index contributed by atoms with van der Waals surface area (Å²) in [7, 11) is -0.429. The number of nitrogens with one attached hydrogen (secondary N) is 2. The van der Waals surface area contributed by atoms with Gasteiger partial charge in [0, 0.05) is 24.4 Å². The van der Waals surface area contributed by atoms with Crippen molar-refractivity contribution < 1.29 is 22.7 Å². The van der Waals surface area contributed by atoms with Gasteiger partial charge < -0.3 is 20.1 Å². The first-order valence-electron chi connectivity index (χ1n) is 7.73. The molecule has 1 aliphatic rings. The van der Waals surface area contributed by atoms with Gasteiger partial charge in [-0.1, -0.05) is 0 Å². The van der Waals surface area contributed by atoms with Crippen LogP contribution >= 0.6 is 0 Å². The van der Waals surface area contributed by atoms with Crippen molar-refractivity contribution in [2.45, 2.75) is 24.1 Å². The van der Waals surface area contributed by atoms with Crippen LogP contribution in [0.5, 0.6) is 11.5 Å². The first-order valence-corrected chi connectivity index (χ1v) is 9.63. The van der Waals surface area contributed by atoms with Gasteiger partial charge in [0.15, 0.2) is 14.6 Å². The quantitative estimate of drug-likeness (QED) is 0.770. The lowest BCUT2D eigenvalue weighted by Gasteiger charge is -2.34. The molecule has 1 saturated heterocycles. The third kappa shape index (κ3) is 3.64. The van der Waals surface area contributed by atoms with Crippen LogP contribution in [0.1, 0.15) is 18.4 Å². The third-order valence-electron chi connectivity index (χ3n) is 4.47. The monoisotopic (exact) mass is 356 g/mol. The second-order valence-electron chi connectivity index (χ2n) is 5.88. The van der Waals surface area contributed by atoms with E-state index in [0.29, 0.717) is 24.6 Å².